The van der Waals surface area contributed by atoms with E-state index in [0.717, 1.165) is 12.1 Å². The number of ether oxygens (including phenoxy) is 2. The normalized spacial score (nSPS) is 12.2. The summed E-state index contributed by atoms with van der Waals surface area (Å²) in [5, 5.41) is -0.696. The summed E-state index contributed by atoms with van der Waals surface area (Å²) in [5.74, 6) is -4.59. The number of rotatable bonds is 5. The molecule has 8 heteroatoms. The molecule has 0 aliphatic rings. The number of benzene rings is 2. The maximum absolute atomic E-state index is 14.2. The smallest absolute Gasteiger partial charge is 0.342 e. The third-order valence-corrected chi connectivity index (χ3v) is 4.16. The first-order chi connectivity index (χ1) is 13.4. The summed E-state index contributed by atoms with van der Waals surface area (Å²) in [5.41, 5.74) is -0.688. The van der Waals surface area contributed by atoms with E-state index in [0.29, 0.717) is 0 Å². The van der Waals surface area contributed by atoms with Crippen molar-refractivity contribution in [1.82, 2.24) is 0 Å². The van der Waals surface area contributed by atoms with E-state index in [9.17, 15) is 23.2 Å². The van der Waals surface area contributed by atoms with Gasteiger partial charge < -0.3 is 9.47 Å². The van der Waals surface area contributed by atoms with Gasteiger partial charge in [0.15, 0.2) is 5.12 Å². The molecule has 154 valence electrons. The number of hydrogen-bond donors (Lipinski definition) is 1. The van der Waals surface area contributed by atoms with Crippen LogP contribution < -0.4 is 4.74 Å². The van der Waals surface area contributed by atoms with Crippen molar-refractivity contribution in [3.05, 3.63) is 53.6 Å². The van der Waals surface area contributed by atoms with Gasteiger partial charge in [0.25, 0.3) is 0 Å². The zero-order valence-electron chi connectivity index (χ0n) is 16.3. The molecule has 2 aromatic rings. The fourth-order valence-corrected chi connectivity index (χ4v) is 2.41. The molecule has 0 bridgehead atoms. The van der Waals surface area contributed by atoms with Crippen LogP contribution in [0.2, 0.25) is 0 Å². The van der Waals surface area contributed by atoms with Gasteiger partial charge in [0, 0.05) is 11.6 Å². The van der Waals surface area contributed by atoms with Gasteiger partial charge in [-0.1, -0.05) is 6.07 Å². The summed E-state index contributed by atoms with van der Waals surface area (Å²) in [6, 6.07) is 6.99. The first kappa shape index (κ1) is 22.5. The Morgan fingerprint density at radius 1 is 1.03 bits per heavy atom. The largest absolute Gasteiger partial charge is 0.456 e. The van der Waals surface area contributed by atoms with Gasteiger partial charge in [-0.05, 0) is 57.5 Å². The summed E-state index contributed by atoms with van der Waals surface area (Å²) in [4.78, 5) is 36.0. The van der Waals surface area contributed by atoms with E-state index in [1.807, 2.05) is 0 Å². The van der Waals surface area contributed by atoms with Crippen molar-refractivity contribution in [2.45, 2.75) is 33.3 Å². The van der Waals surface area contributed by atoms with E-state index >= 15 is 0 Å². The predicted molar refractivity (Wildman–Crippen MR) is 106 cm³/mol. The molecule has 0 aromatic heterocycles. The molecular formula is C21H20F2O5S. The van der Waals surface area contributed by atoms with Crippen molar-refractivity contribution < 1.29 is 32.6 Å². The maximum Gasteiger partial charge on any atom is 0.342 e. The van der Waals surface area contributed by atoms with Crippen LogP contribution in [-0.4, -0.2) is 22.7 Å². The van der Waals surface area contributed by atoms with Crippen molar-refractivity contribution in [3.8, 4) is 16.9 Å². The van der Waals surface area contributed by atoms with E-state index in [4.69, 9.17) is 9.47 Å². The zero-order valence-corrected chi connectivity index (χ0v) is 17.2. The zero-order chi connectivity index (χ0) is 21.9. The van der Waals surface area contributed by atoms with Crippen molar-refractivity contribution in [2.75, 3.05) is 0 Å². The third-order valence-electron chi connectivity index (χ3n) is 3.78. The Balaban J connectivity index is 2.51. The molecule has 0 aliphatic carbocycles. The summed E-state index contributed by atoms with van der Waals surface area (Å²) in [6.07, 6.45) is 0. The monoisotopic (exact) mass is 422 g/mol. The number of thiol groups is 1. The molecule has 0 saturated carbocycles. The summed E-state index contributed by atoms with van der Waals surface area (Å²) in [7, 11) is 0. The maximum atomic E-state index is 14.2. The molecule has 5 nitrogen and oxygen atoms in total. The molecule has 0 aliphatic heterocycles. The lowest BCUT2D eigenvalue weighted by Crippen LogP contribution is -2.26. The highest BCUT2D eigenvalue weighted by molar-refractivity contribution is 7.96. The van der Waals surface area contributed by atoms with Gasteiger partial charge in [0.1, 0.15) is 34.5 Å². The van der Waals surface area contributed by atoms with Gasteiger partial charge in [-0.2, -0.15) is 0 Å². The predicted octanol–water partition coefficient (Wildman–Crippen LogP) is 4.59. The minimum atomic E-state index is -1.15. The standard InChI is InChI=1S/C21H20F2O5S/c1-11(20(26)29)18(24)27-17-8-5-12(14-7-6-13(22)10-16(14)23)9-15(17)19(25)28-21(2,3)4/h5-11H,1-4H3,(H,26,29). The number of esters is 2. The van der Waals surface area contributed by atoms with Crippen molar-refractivity contribution >= 4 is 29.7 Å². The second kappa shape index (κ2) is 8.73. The summed E-state index contributed by atoms with van der Waals surface area (Å²) in [6.45, 7) is 6.28. The van der Waals surface area contributed by atoms with Gasteiger partial charge in [-0.25, -0.2) is 13.6 Å². The number of halogens is 2. The Bertz CT molecular complexity index is 966. The Kier molecular flexibility index (Phi) is 6.79. The fourth-order valence-electron chi connectivity index (χ4n) is 2.30. The van der Waals surface area contributed by atoms with Crippen LogP contribution in [0.25, 0.3) is 11.1 Å². The van der Waals surface area contributed by atoms with Crippen LogP contribution >= 0.6 is 12.6 Å². The van der Waals surface area contributed by atoms with Gasteiger partial charge >= 0.3 is 11.9 Å². The number of carbonyl (C=O) groups excluding carboxylic acids is 3. The molecule has 0 radical (unpaired) electrons. The minimum Gasteiger partial charge on any atom is -0.456 e. The van der Waals surface area contributed by atoms with Crippen molar-refractivity contribution in [3.63, 3.8) is 0 Å². The van der Waals surface area contributed by atoms with Gasteiger partial charge in [0.05, 0.1) is 0 Å². The van der Waals surface area contributed by atoms with Gasteiger partial charge in [-0.15, -0.1) is 12.6 Å². The van der Waals surface area contributed by atoms with E-state index in [-0.39, 0.29) is 22.4 Å². The summed E-state index contributed by atoms with van der Waals surface area (Å²) < 4.78 is 37.9. The van der Waals surface area contributed by atoms with Crippen LogP contribution in [0.3, 0.4) is 0 Å². The van der Waals surface area contributed by atoms with Crippen LogP contribution in [0.5, 0.6) is 5.75 Å². The van der Waals surface area contributed by atoms with Crippen LogP contribution in [-0.2, 0) is 14.3 Å². The Hall–Kier alpha value is -2.74. The number of hydrogen-bond acceptors (Lipinski definition) is 5. The molecule has 1 atom stereocenters. The minimum absolute atomic E-state index is 0.0491. The molecule has 0 amide bonds. The molecule has 0 fully saturated rings. The van der Waals surface area contributed by atoms with E-state index in [2.05, 4.69) is 12.6 Å². The Labute approximate surface area is 172 Å². The Morgan fingerprint density at radius 3 is 2.24 bits per heavy atom. The first-order valence-electron chi connectivity index (χ1n) is 8.66. The molecular weight excluding hydrogens is 402 g/mol. The van der Waals surface area contributed by atoms with E-state index in [1.165, 1.54) is 31.2 Å². The molecule has 0 N–H and O–H groups in total. The summed E-state index contributed by atoms with van der Waals surface area (Å²) >= 11 is 3.60. The molecule has 0 saturated heterocycles. The lowest BCUT2D eigenvalue weighted by atomic mass is 10.0. The highest BCUT2D eigenvalue weighted by Gasteiger charge is 2.26. The molecule has 2 aromatic carbocycles. The van der Waals surface area contributed by atoms with Crippen molar-refractivity contribution in [1.29, 1.82) is 0 Å². The fraction of sp³-hybridized carbons (Fsp3) is 0.286. The van der Waals surface area contributed by atoms with Crippen molar-refractivity contribution in [2.24, 2.45) is 5.92 Å². The number of carbonyl (C=O) groups is 3. The Morgan fingerprint density at radius 2 is 1.69 bits per heavy atom. The highest BCUT2D eigenvalue weighted by atomic mass is 32.1. The molecule has 29 heavy (non-hydrogen) atoms. The molecule has 2 rings (SSSR count). The topological polar surface area (TPSA) is 69.7 Å². The van der Waals surface area contributed by atoms with E-state index < -0.39 is 40.2 Å². The second-order valence-corrected chi connectivity index (χ2v) is 7.76. The molecule has 1 unspecified atom stereocenters. The third kappa shape index (κ3) is 5.87. The van der Waals surface area contributed by atoms with Crippen LogP contribution in [0, 0.1) is 17.6 Å². The molecule has 0 heterocycles. The second-order valence-electron chi connectivity index (χ2n) is 7.32. The average molecular weight is 422 g/mol. The average Bonchev–Trinajstić information content (AvgIpc) is 2.60. The lowest BCUT2D eigenvalue weighted by molar-refractivity contribution is -0.140. The van der Waals surface area contributed by atoms with Crippen LogP contribution in [0.4, 0.5) is 8.78 Å². The quantitative estimate of drug-likeness (QED) is 0.330. The molecule has 0 spiro atoms. The van der Waals surface area contributed by atoms with Crippen LogP contribution in [0.1, 0.15) is 38.1 Å². The SMILES string of the molecule is CC(C(=O)S)C(=O)Oc1ccc(-c2ccc(F)cc2F)cc1C(=O)OC(C)(C)C. The lowest BCUT2D eigenvalue weighted by Gasteiger charge is -2.21. The highest BCUT2D eigenvalue weighted by Crippen LogP contribution is 2.31. The first-order valence-corrected chi connectivity index (χ1v) is 9.11. The van der Waals surface area contributed by atoms with Gasteiger partial charge in [-0.3, -0.25) is 9.59 Å². The van der Waals surface area contributed by atoms with Crippen LogP contribution in [0.15, 0.2) is 36.4 Å². The van der Waals surface area contributed by atoms with E-state index in [1.54, 1.807) is 20.8 Å². The van der Waals surface area contributed by atoms with Gasteiger partial charge in [0.2, 0.25) is 0 Å².